The number of carbonyl (C=O) groups excluding carboxylic acids is 1. The molecule has 1 aromatic heterocycles. The van der Waals surface area contributed by atoms with Crippen molar-refractivity contribution in [2.75, 3.05) is 13.6 Å². The topological polar surface area (TPSA) is 45.2 Å². The van der Waals surface area contributed by atoms with Crippen molar-refractivity contribution in [1.29, 1.82) is 0 Å². The Morgan fingerprint density at radius 2 is 2.42 bits per heavy atom. The van der Waals surface area contributed by atoms with E-state index in [0.29, 0.717) is 19.0 Å². The minimum atomic E-state index is 0.236. The highest BCUT2D eigenvalue weighted by molar-refractivity contribution is 7.09. The van der Waals surface area contributed by atoms with Gasteiger partial charge in [0.2, 0.25) is 5.91 Å². The first-order valence-electron chi connectivity index (χ1n) is 7.03. The average molecular weight is 281 g/mol. The number of amides is 1. The molecule has 0 aromatic carbocycles. The van der Waals surface area contributed by atoms with Crippen molar-refractivity contribution in [3.63, 3.8) is 0 Å². The van der Waals surface area contributed by atoms with Crippen LogP contribution in [0.5, 0.6) is 0 Å². The van der Waals surface area contributed by atoms with Crippen molar-refractivity contribution in [3.8, 4) is 0 Å². The van der Waals surface area contributed by atoms with Gasteiger partial charge in [0.15, 0.2) is 0 Å². The van der Waals surface area contributed by atoms with Gasteiger partial charge in [-0.2, -0.15) is 0 Å². The molecule has 1 atom stereocenters. The maximum absolute atomic E-state index is 12.1. The van der Waals surface area contributed by atoms with Gasteiger partial charge >= 0.3 is 0 Å². The Kier molecular flexibility index (Phi) is 5.34. The third kappa shape index (κ3) is 4.28. The van der Waals surface area contributed by atoms with Crippen LogP contribution in [-0.2, 0) is 11.3 Å². The fraction of sp³-hybridized carbons (Fsp3) is 0.714. The van der Waals surface area contributed by atoms with E-state index in [9.17, 15) is 4.79 Å². The number of aromatic nitrogens is 1. The van der Waals surface area contributed by atoms with E-state index < -0.39 is 0 Å². The quantitative estimate of drug-likeness (QED) is 0.901. The molecule has 1 amide bonds. The molecule has 1 aliphatic rings. The Labute approximate surface area is 119 Å². The Morgan fingerprint density at radius 3 is 3.05 bits per heavy atom. The molecule has 2 heterocycles. The minimum absolute atomic E-state index is 0.236. The van der Waals surface area contributed by atoms with Crippen molar-refractivity contribution < 1.29 is 4.79 Å². The lowest BCUT2D eigenvalue weighted by Crippen LogP contribution is -2.35. The van der Waals surface area contributed by atoms with E-state index in [1.54, 1.807) is 11.3 Å². The first kappa shape index (κ1) is 14.5. The van der Waals surface area contributed by atoms with Gasteiger partial charge in [-0.3, -0.25) is 4.79 Å². The second-order valence-corrected chi connectivity index (χ2v) is 6.24. The maximum Gasteiger partial charge on any atom is 0.222 e. The molecule has 1 N–H and O–H groups in total. The van der Waals surface area contributed by atoms with Gasteiger partial charge in [0.25, 0.3) is 0 Å². The van der Waals surface area contributed by atoms with Crippen LogP contribution in [0.3, 0.4) is 0 Å². The van der Waals surface area contributed by atoms with Gasteiger partial charge < -0.3 is 10.2 Å². The van der Waals surface area contributed by atoms with E-state index in [4.69, 9.17) is 0 Å². The van der Waals surface area contributed by atoms with Gasteiger partial charge in [-0.25, -0.2) is 4.98 Å². The smallest absolute Gasteiger partial charge is 0.222 e. The lowest BCUT2D eigenvalue weighted by molar-refractivity contribution is -0.130. The van der Waals surface area contributed by atoms with E-state index in [-0.39, 0.29) is 5.91 Å². The van der Waals surface area contributed by atoms with E-state index in [2.05, 4.69) is 10.3 Å². The largest absolute Gasteiger partial charge is 0.341 e. The number of nitrogens with one attached hydrogen (secondary N) is 1. The summed E-state index contributed by atoms with van der Waals surface area (Å²) in [7, 11) is 1.88. The van der Waals surface area contributed by atoms with Crippen molar-refractivity contribution in [2.24, 2.45) is 0 Å². The van der Waals surface area contributed by atoms with Gasteiger partial charge in [0, 0.05) is 24.4 Å². The number of aryl methyl sites for hydroxylation is 1. The molecule has 106 valence electrons. The zero-order chi connectivity index (χ0) is 13.7. The molecule has 2 rings (SSSR count). The fourth-order valence-corrected chi connectivity index (χ4v) is 3.27. The zero-order valence-corrected chi connectivity index (χ0v) is 12.6. The molecule has 1 aromatic rings. The van der Waals surface area contributed by atoms with E-state index in [1.807, 2.05) is 24.4 Å². The van der Waals surface area contributed by atoms with Crippen molar-refractivity contribution >= 4 is 17.2 Å². The highest BCUT2D eigenvalue weighted by Gasteiger charge is 2.16. The molecule has 0 saturated carbocycles. The molecule has 19 heavy (non-hydrogen) atoms. The summed E-state index contributed by atoms with van der Waals surface area (Å²) in [4.78, 5) is 19.3. The Hall–Kier alpha value is -0.940. The zero-order valence-electron chi connectivity index (χ0n) is 11.8. The third-order valence-corrected chi connectivity index (χ3v) is 4.69. The number of carbonyl (C=O) groups is 1. The Morgan fingerprint density at radius 1 is 1.58 bits per heavy atom. The molecule has 1 fully saturated rings. The van der Waals surface area contributed by atoms with Crippen LogP contribution in [-0.4, -0.2) is 35.4 Å². The van der Waals surface area contributed by atoms with Gasteiger partial charge in [0.05, 0.1) is 17.7 Å². The number of hydrogen-bond acceptors (Lipinski definition) is 4. The fourth-order valence-electron chi connectivity index (χ4n) is 2.44. The molecule has 0 radical (unpaired) electrons. The van der Waals surface area contributed by atoms with Gasteiger partial charge in [-0.1, -0.05) is 6.42 Å². The third-order valence-electron chi connectivity index (χ3n) is 3.77. The van der Waals surface area contributed by atoms with Crippen molar-refractivity contribution in [1.82, 2.24) is 15.2 Å². The van der Waals surface area contributed by atoms with E-state index in [1.165, 1.54) is 24.1 Å². The molecule has 0 spiro atoms. The van der Waals surface area contributed by atoms with Crippen LogP contribution >= 0.6 is 11.3 Å². The predicted octanol–water partition coefficient (Wildman–Crippen LogP) is 2.33. The van der Waals surface area contributed by atoms with Crippen molar-refractivity contribution in [2.45, 2.75) is 51.6 Å². The second kappa shape index (κ2) is 7.01. The molecule has 5 heteroatoms. The molecule has 1 aliphatic heterocycles. The molecule has 1 saturated heterocycles. The lowest BCUT2D eigenvalue weighted by Gasteiger charge is -2.24. The number of rotatable bonds is 5. The van der Waals surface area contributed by atoms with Gasteiger partial charge in [0.1, 0.15) is 0 Å². The Balaban J connectivity index is 1.74. The second-order valence-electron chi connectivity index (χ2n) is 5.30. The predicted molar refractivity (Wildman–Crippen MR) is 78.2 cm³/mol. The van der Waals surface area contributed by atoms with E-state index >= 15 is 0 Å². The molecule has 1 unspecified atom stereocenters. The summed E-state index contributed by atoms with van der Waals surface area (Å²) in [6, 6.07) is 0.538. The van der Waals surface area contributed by atoms with Gasteiger partial charge in [-0.05, 0) is 32.7 Å². The maximum atomic E-state index is 12.1. The van der Waals surface area contributed by atoms with Crippen LogP contribution in [0, 0.1) is 6.92 Å². The van der Waals surface area contributed by atoms with E-state index in [0.717, 1.165) is 18.7 Å². The highest BCUT2D eigenvalue weighted by Crippen LogP contribution is 2.16. The normalized spacial score (nSPS) is 19.4. The first-order valence-corrected chi connectivity index (χ1v) is 7.91. The standard InChI is InChI=1S/C14H23N3OS/c1-11-13(19-10-16-11)9-17(2)14(18)7-6-12-5-3-4-8-15-12/h10,12,15H,3-9H2,1-2H3. The monoisotopic (exact) mass is 281 g/mol. The van der Waals surface area contributed by atoms with Crippen molar-refractivity contribution in [3.05, 3.63) is 16.1 Å². The summed E-state index contributed by atoms with van der Waals surface area (Å²) in [6.45, 7) is 3.79. The molecular weight excluding hydrogens is 258 g/mol. The molecule has 0 bridgehead atoms. The SMILES string of the molecule is Cc1ncsc1CN(C)C(=O)CCC1CCCCN1. The summed E-state index contributed by atoms with van der Waals surface area (Å²) in [5.74, 6) is 0.236. The summed E-state index contributed by atoms with van der Waals surface area (Å²) in [5, 5.41) is 3.49. The van der Waals surface area contributed by atoms with Crippen LogP contribution in [0.15, 0.2) is 5.51 Å². The number of nitrogens with zero attached hydrogens (tertiary/aromatic N) is 2. The Bertz CT molecular complexity index is 413. The van der Waals surface area contributed by atoms with Crippen LogP contribution in [0.4, 0.5) is 0 Å². The van der Waals surface area contributed by atoms with Gasteiger partial charge in [-0.15, -0.1) is 11.3 Å². The van der Waals surface area contributed by atoms with Crippen LogP contribution < -0.4 is 5.32 Å². The molecular formula is C14H23N3OS. The van der Waals surface area contributed by atoms with Crippen LogP contribution in [0.1, 0.15) is 42.7 Å². The lowest BCUT2D eigenvalue weighted by atomic mass is 10.0. The van der Waals surface area contributed by atoms with Crippen LogP contribution in [0.25, 0.3) is 0 Å². The summed E-state index contributed by atoms with van der Waals surface area (Å²) < 4.78 is 0. The average Bonchev–Trinajstić information content (AvgIpc) is 2.82. The number of hydrogen-bond donors (Lipinski definition) is 1. The highest BCUT2D eigenvalue weighted by atomic mass is 32.1. The summed E-state index contributed by atoms with van der Waals surface area (Å²) in [5.41, 5.74) is 2.88. The minimum Gasteiger partial charge on any atom is -0.341 e. The number of thiazole rings is 1. The molecule has 4 nitrogen and oxygen atoms in total. The number of piperidine rings is 1. The van der Waals surface area contributed by atoms with Crippen LogP contribution in [0.2, 0.25) is 0 Å². The summed E-state index contributed by atoms with van der Waals surface area (Å²) in [6.07, 6.45) is 5.39. The molecule has 0 aliphatic carbocycles. The first-order chi connectivity index (χ1) is 9.16. The summed E-state index contributed by atoms with van der Waals surface area (Å²) >= 11 is 1.62.